The molecule has 0 spiro atoms. The minimum Gasteiger partial charge on any atom is -0.493 e. The van der Waals surface area contributed by atoms with Crippen LogP contribution in [0.1, 0.15) is 22.8 Å². The Morgan fingerprint density at radius 1 is 1.12 bits per heavy atom. The number of para-hydroxylation sites is 2. The van der Waals surface area contributed by atoms with Gasteiger partial charge in [0.1, 0.15) is 0 Å². The van der Waals surface area contributed by atoms with E-state index in [1.54, 1.807) is 7.11 Å². The van der Waals surface area contributed by atoms with Gasteiger partial charge in [0.15, 0.2) is 18.1 Å². The molecule has 0 bridgehead atoms. The third kappa shape index (κ3) is 4.52. The number of hydrogen-bond donors (Lipinski definition) is 0. The van der Waals surface area contributed by atoms with Gasteiger partial charge in [-0.05, 0) is 36.6 Å². The summed E-state index contributed by atoms with van der Waals surface area (Å²) in [7, 11) is 1.60. The molecule has 5 heteroatoms. The number of amides is 1. The zero-order chi connectivity index (χ0) is 18.4. The number of carbonyl (C=O) groups excluding carboxylic acids is 1. The number of thioether (sulfide) groups is 1. The Labute approximate surface area is 159 Å². The Kier molecular flexibility index (Phi) is 6.45. The van der Waals surface area contributed by atoms with Gasteiger partial charge in [-0.2, -0.15) is 11.8 Å². The first kappa shape index (κ1) is 18.6. The van der Waals surface area contributed by atoms with E-state index in [1.165, 1.54) is 11.1 Å². The van der Waals surface area contributed by atoms with Crippen LogP contribution < -0.4 is 9.47 Å². The summed E-state index contributed by atoms with van der Waals surface area (Å²) in [6.07, 6.45) is 0.968. The van der Waals surface area contributed by atoms with Crippen molar-refractivity contribution in [3.63, 3.8) is 0 Å². The Morgan fingerprint density at radius 3 is 2.62 bits per heavy atom. The fraction of sp³-hybridized carbons (Fsp3) is 0.381. The Bertz CT molecular complexity index is 750. The fourth-order valence-corrected chi connectivity index (χ4v) is 4.51. The quantitative estimate of drug-likeness (QED) is 0.794. The molecular weight excluding hydrogens is 346 g/mol. The van der Waals surface area contributed by atoms with E-state index in [0.29, 0.717) is 16.7 Å². The first-order valence-electron chi connectivity index (χ1n) is 8.89. The summed E-state index contributed by atoms with van der Waals surface area (Å²) in [4.78, 5) is 14.5. The van der Waals surface area contributed by atoms with Crippen LogP contribution in [0.5, 0.6) is 11.5 Å². The molecule has 1 heterocycles. The summed E-state index contributed by atoms with van der Waals surface area (Å²) in [5.41, 5.74) is 2.71. The summed E-state index contributed by atoms with van der Waals surface area (Å²) < 4.78 is 11.0. The molecule has 4 nitrogen and oxygen atoms in total. The second-order valence-electron chi connectivity index (χ2n) is 6.33. The van der Waals surface area contributed by atoms with Gasteiger partial charge in [0.2, 0.25) is 0 Å². The van der Waals surface area contributed by atoms with Crippen molar-refractivity contribution in [2.75, 3.05) is 32.6 Å². The van der Waals surface area contributed by atoms with E-state index in [9.17, 15) is 4.79 Å². The topological polar surface area (TPSA) is 38.8 Å². The second-order valence-corrected chi connectivity index (χ2v) is 7.64. The van der Waals surface area contributed by atoms with Crippen LogP contribution in [0.4, 0.5) is 0 Å². The van der Waals surface area contributed by atoms with Crippen molar-refractivity contribution in [2.24, 2.45) is 0 Å². The van der Waals surface area contributed by atoms with Crippen LogP contribution in [-0.2, 0) is 4.79 Å². The molecule has 1 fully saturated rings. The van der Waals surface area contributed by atoms with Crippen molar-refractivity contribution in [2.45, 2.75) is 18.6 Å². The van der Waals surface area contributed by atoms with Crippen LogP contribution in [0, 0.1) is 6.92 Å². The van der Waals surface area contributed by atoms with E-state index in [4.69, 9.17) is 9.47 Å². The van der Waals surface area contributed by atoms with Crippen LogP contribution in [0.25, 0.3) is 0 Å². The number of carbonyl (C=O) groups is 1. The molecule has 1 atom stereocenters. The van der Waals surface area contributed by atoms with Gasteiger partial charge in [0.25, 0.3) is 5.91 Å². The zero-order valence-corrected chi connectivity index (χ0v) is 16.1. The average molecular weight is 372 g/mol. The Balaban J connectivity index is 1.57. The van der Waals surface area contributed by atoms with E-state index in [1.807, 2.05) is 40.9 Å². The number of hydrogen-bond acceptors (Lipinski definition) is 4. The van der Waals surface area contributed by atoms with E-state index < -0.39 is 0 Å². The molecule has 1 aliphatic heterocycles. The van der Waals surface area contributed by atoms with Gasteiger partial charge in [-0.15, -0.1) is 0 Å². The lowest BCUT2D eigenvalue weighted by Crippen LogP contribution is -2.36. The van der Waals surface area contributed by atoms with E-state index in [-0.39, 0.29) is 12.5 Å². The van der Waals surface area contributed by atoms with Gasteiger partial charge >= 0.3 is 0 Å². The van der Waals surface area contributed by atoms with Crippen LogP contribution in [0.3, 0.4) is 0 Å². The van der Waals surface area contributed by atoms with Crippen LogP contribution in [-0.4, -0.2) is 43.4 Å². The monoisotopic (exact) mass is 371 g/mol. The fourth-order valence-electron chi connectivity index (χ4n) is 3.18. The molecule has 1 aliphatic rings. The third-order valence-electron chi connectivity index (χ3n) is 4.65. The molecule has 0 aromatic heterocycles. The highest BCUT2D eigenvalue weighted by molar-refractivity contribution is 7.99. The zero-order valence-electron chi connectivity index (χ0n) is 15.3. The van der Waals surface area contributed by atoms with Crippen molar-refractivity contribution in [3.05, 3.63) is 59.7 Å². The smallest absolute Gasteiger partial charge is 0.260 e. The van der Waals surface area contributed by atoms with Crippen molar-refractivity contribution in [1.29, 1.82) is 0 Å². The molecule has 3 rings (SSSR count). The molecular formula is C21H25NO3S. The molecule has 2 aromatic carbocycles. The van der Waals surface area contributed by atoms with Crippen molar-refractivity contribution in [3.8, 4) is 11.5 Å². The van der Waals surface area contributed by atoms with E-state index in [0.717, 1.165) is 25.3 Å². The normalized spacial score (nSPS) is 17.5. The molecule has 1 saturated heterocycles. The SMILES string of the molecule is COc1ccccc1OCC(=O)N1CCS[C@H](c2ccccc2C)CC1. The van der Waals surface area contributed by atoms with E-state index >= 15 is 0 Å². The van der Waals surface area contributed by atoms with Crippen molar-refractivity contribution < 1.29 is 14.3 Å². The van der Waals surface area contributed by atoms with Crippen LogP contribution in [0.15, 0.2) is 48.5 Å². The molecule has 2 aromatic rings. The molecule has 0 saturated carbocycles. The molecule has 0 unspecified atom stereocenters. The van der Waals surface area contributed by atoms with Gasteiger partial charge in [-0.1, -0.05) is 36.4 Å². The largest absolute Gasteiger partial charge is 0.493 e. The molecule has 138 valence electrons. The molecule has 1 amide bonds. The number of nitrogens with zero attached hydrogens (tertiary/aromatic N) is 1. The number of methoxy groups -OCH3 is 1. The molecule has 0 radical (unpaired) electrons. The highest BCUT2D eigenvalue weighted by Crippen LogP contribution is 2.36. The lowest BCUT2D eigenvalue weighted by atomic mass is 10.0. The van der Waals surface area contributed by atoms with Gasteiger partial charge in [-0.25, -0.2) is 0 Å². The summed E-state index contributed by atoms with van der Waals surface area (Å²) in [6, 6.07) is 15.9. The maximum atomic E-state index is 12.6. The summed E-state index contributed by atoms with van der Waals surface area (Å²) >= 11 is 1.94. The minimum absolute atomic E-state index is 0.0296. The summed E-state index contributed by atoms with van der Waals surface area (Å²) in [5, 5.41) is 0.448. The molecule has 0 N–H and O–H groups in total. The van der Waals surface area contributed by atoms with Crippen molar-refractivity contribution >= 4 is 17.7 Å². The van der Waals surface area contributed by atoms with E-state index in [2.05, 4.69) is 31.2 Å². The average Bonchev–Trinajstić information content (AvgIpc) is 2.93. The van der Waals surface area contributed by atoms with Gasteiger partial charge in [0.05, 0.1) is 7.11 Å². The predicted octanol–water partition coefficient (Wildman–Crippen LogP) is 4.09. The number of rotatable bonds is 5. The summed E-state index contributed by atoms with van der Waals surface area (Å²) in [6.45, 7) is 3.73. The highest BCUT2D eigenvalue weighted by atomic mass is 32.2. The Hall–Kier alpha value is -2.14. The standard InChI is InChI=1S/C21H25NO3S/c1-16-7-3-4-8-17(16)20-11-12-22(13-14-26-20)21(23)15-25-19-10-6-5-9-18(19)24-2/h3-10,20H,11-15H2,1-2H3/t20-/m0/s1. The third-order valence-corrected chi connectivity index (χ3v) is 5.96. The number of benzene rings is 2. The first-order valence-corrected chi connectivity index (χ1v) is 9.94. The lowest BCUT2D eigenvalue weighted by Gasteiger charge is -2.21. The molecule has 26 heavy (non-hydrogen) atoms. The van der Waals surface area contributed by atoms with Gasteiger partial charge in [-0.3, -0.25) is 4.79 Å². The number of ether oxygens (including phenoxy) is 2. The van der Waals surface area contributed by atoms with Crippen molar-refractivity contribution in [1.82, 2.24) is 4.90 Å². The predicted molar refractivity (Wildman–Crippen MR) is 106 cm³/mol. The minimum atomic E-state index is 0.0296. The first-order chi connectivity index (χ1) is 12.7. The Morgan fingerprint density at radius 2 is 1.85 bits per heavy atom. The van der Waals surface area contributed by atoms with Crippen LogP contribution >= 0.6 is 11.8 Å². The summed E-state index contributed by atoms with van der Waals surface area (Å²) in [5.74, 6) is 2.22. The maximum absolute atomic E-state index is 12.6. The second kappa shape index (κ2) is 8.99. The lowest BCUT2D eigenvalue weighted by molar-refractivity contribution is -0.133. The van der Waals surface area contributed by atoms with Gasteiger partial charge < -0.3 is 14.4 Å². The van der Waals surface area contributed by atoms with Gasteiger partial charge in [0, 0.05) is 24.1 Å². The van der Waals surface area contributed by atoms with Crippen LogP contribution in [0.2, 0.25) is 0 Å². The highest BCUT2D eigenvalue weighted by Gasteiger charge is 2.23. The number of aryl methyl sites for hydroxylation is 1. The maximum Gasteiger partial charge on any atom is 0.260 e. The molecule has 0 aliphatic carbocycles.